The van der Waals surface area contributed by atoms with E-state index in [-0.39, 0.29) is 0 Å². The summed E-state index contributed by atoms with van der Waals surface area (Å²) in [5, 5.41) is 3.66. The van der Waals surface area contributed by atoms with Gasteiger partial charge in [-0.25, -0.2) is 0 Å². The molecule has 0 aromatic heterocycles. The predicted molar refractivity (Wildman–Crippen MR) is 80.5 cm³/mol. The Labute approximate surface area is 117 Å². The standard InChI is InChI=1S/C17H27NO/c1-14(2)15(13-18-16-10-11-16)7-6-12-19-17-8-4-3-5-9-17/h3-5,8-9,14-16,18H,6-7,10-13H2,1-2H3. The molecule has 0 aliphatic heterocycles. The first-order valence-corrected chi connectivity index (χ1v) is 7.67. The predicted octanol–water partition coefficient (Wildman–Crippen LogP) is 3.87. The van der Waals surface area contributed by atoms with E-state index in [0.29, 0.717) is 0 Å². The second-order valence-corrected chi connectivity index (χ2v) is 5.99. The van der Waals surface area contributed by atoms with Crippen molar-refractivity contribution in [3.63, 3.8) is 0 Å². The SMILES string of the molecule is CC(C)C(CCCOc1ccccc1)CNC1CC1. The van der Waals surface area contributed by atoms with Crippen LogP contribution in [0.4, 0.5) is 0 Å². The molecule has 1 aliphatic rings. The number of nitrogens with one attached hydrogen (secondary N) is 1. The topological polar surface area (TPSA) is 21.3 Å². The lowest BCUT2D eigenvalue weighted by Gasteiger charge is -2.21. The summed E-state index contributed by atoms with van der Waals surface area (Å²) >= 11 is 0. The Bertz CT molecular complexity index is 346. The van der Waals surface area contributed by atoms with E-state index in [1.54, 1.807) is 0 Å². The summed E-state index contributed by atoms with van der Waals surface area (Å²) in [5.41, 5.74) is 0. The van der Waals surface area contributed by atoms with E-state index in [2.05, 4.69) is 19.2 Å². The molecule has 1 aliphatic carbocycles. The first-order chi connectivity index (χ1) is 9.25. The third-order valence-corrected chi connectivity index (χ3v) is 3.92. The minimum absolute atomic E-state index is 0.753. The highest BCUT2D eigenvalue weighted by Gasteiger charge is 2.22. The summed E-state index contributed by atoms with van der Waals surface area (Å²) in [6, 6.07) is 10.9. The minimum atomic E-state index is 0.753. The van der Waals surface area contributed by atoms with E-state index in [0.717, 1.165) is 36.7 Å². The van der Waals surface area contributed by atoms with Crippen molar-refractivity contribution in [2.45, 2.75) is 45.6 Å². The molecular formula is C17H27NO. The number of rotatable bonds is 9. The van der Waals surface area contributed by atoms with Crippen LogP contribution in [0.25, 0.3) is 0 Å². The number of hydrogen-bond acceptors (Lipinski definition) is 2. The van der Waals surface area contributed by atoms with Crippen LogP contribution in [0.3, 0.4) is 0 Å². The van der Waals surface area contributed by atoms with Crippen LogP contribution < -0.4 is 10.1 Å². The lowest BCUT2D eigenvalue weighted by Crippen LogP contribution is -2.28. The van der Waals surface area contributed by atoms with Crippen molar-refractivity contribution < 1.29 is 4.74 Å². The zero-order valence-corrected chi connectivity index (χ0v) is 12.3. The lowest BCUT2D eigenvalue weighted by atomic mass is 9.91. The van der Waals surface area contributed by atoms with Gasteiger partial charge < -0.3 is 10.1 Å². The van der Waals surface area contributed by atoms with Crippen molar-refractivity contribution in [1.82, 2.24) is 5.32 Å². The number of hydrogen-bond donors (Lipinski definition) is 1. The molecule has 0 radical (unpaired) electrons. The minimum Gasteiger partial charge on any atom is -0.494 e. The van der Waals surface area contributed by atoms with Crippen LogP contribution in [-0.2, 0) is 0 Å². The van der Waals surface area contributed by atoms with Gasteiger partial charge in [-0.05, 0) is 56.2 Å². The molecule has 106 valence electrons. The third-order valence-electron chi connectivity index (χ3n) is 3.92. The maximum Gasteiger partial charge on any atom is 0.119 e. The molecule has 1 N–H and O–H groups in total. The quantitative estimate of drug-likeness (QED) is 0.681. The molecule has 1 fully saturated rings. The number of benzene rings is 1. The van der Waals surface area contributed by atoms with Gasteiger partial charge in [-0.2, -0.15) is 0 Å². The smallest absolute Gasteiger partial charge is 0.119 e. The first-order valence-electron chi connectivity index (χ1n) is 7.67. The monoisotopic (exact) mass is 261 g/mol. The van der Waals surface area contributed by atoms with Crippen LogP contribution in [0.1, 0.15) is 39.5 Å². The fourth-order valence-electron chi connectivity index (χ4n) is 2.33. The zero-order valence-electron chi connectivity index (χ0n) is 12.3. The molecule has 0 heterocycles. The second kappa shape index (κ2) is 7.54. The van der Waals surface area contributed by atoms with Crippen molar-refractivity contribution in [3.05, 3.63) is 30.3 Å². The highest BCUT2D eigenvalue weighted by molar-refractivity contribution is 5.20. The molecule has 1 atom stereocenters. The third kappa shape index (κ3) is 5.65. The Balaban J connectivity index is 1.61. The van der Waals surface area contributed by atoms with Crippen LogP contribution in [0.2, 0.25) is 0 Å². The van der Waals surface area contributed by atoms with Crippen molar-refractivity contribution >= 4 is 0 Å². The van der Waals surface area contributed by atoms with Gasteiger partial charge in [0.25, 0.3) is 0 Å². The average Bonchev–Trinajstić information content (AvgIpc) is 3.22. The Morgan fingerprint density at radius 1 is 1.21 bits per heavy atom. The number of ether oxygens (including phenoxy) is 1. The van der Waals surface area contributed by atoms with E-state index >= 15 is 0 Å². The molecule has 0 amide bonds. The van der Waals surface area contributed by atoms with Crippen molar-refractivity contribution in [1.29, 1.82) is 0 Å². The molecule has 0 bridgehead atoms. The van der Waals surface area contributed by atoms with Gasteiger partial charge in [0, 0.05) is 6.04 Å². The lowest BCUT2D eigenvalue weighted by molar-refractivity contribution is 0.267. The molecule has 2 nitrogen and oxygen atoms in total. The summed E-state index contributed by atoms with van der Waals surface area (Å²) < 4.78 is 5.75. The highest BCUT2D eigenvalue weighted by Crippen LogP contribution is 2.22. The summed E-state index contributed by atoms with van der Waals surface area (Å²) in [7, 11) is 0. The van der Waals surface area contributed by atoms with Crippen molar-refractivity contribution in [2.24, 2.45) is 11.8 Å². The van der Waals surface area contributed by atoms with Crippen LogP contribution in [-0.4, -0.2) is 19.2 Å². The van der Waals surface area contributed by atoms with Gasteiger partial charge in [-0.3, -0.25) is 0 Å². The fourth-order valence-corrected chi connectivity index (χ4v) is 2.33. The molecular weight excluding hydrogens is 234 g/mol. The maximum absolute atomic E-state index is 5.75. The molecule has 0 saturated heterocycles. The normalized spacial score (nSPS) is 16.6. The molecule has 1 saturated carbocycles. The summed E-state index contributed by atoms with van der Waals surface area (Å²) in [5.74, 6) is 2.52. The molecule has 1 unspecified atom stereocenters. The summed E-state index contributed by atoms with van der Waals surface area (Å²) in [6.07, 6.45) is 5.15. The van der Waals surface area contributed by atoms with Gasteiger partial charge in [0.2, 0.25) is 0 Å². The highest BCUT2D eigenvalue weighted by atomic mass is 16.5. The van der Waals surface area contributed by atoms with Gasteiger partial charge in [0.1, 0.15) is 5.75 Å². The Morgan fingerprint density at radius 3 is 2.58 bits per heavy atom. The van der Waals surface area contributed by atoms with Crippen LogP contribution in [0.15, 0.2) is 30.3 Å². The van der Waals surface area contributed by atoms with Crippen LogP contribution >= 0.6 is 0 Å². The zero-order chi connectivity index (χ0) is 13.5. The Morgan fingerprint density at radius 2 is 1.95 bits per heavy atom. The number of para-hydroxylation sites is 1. The van der Waals surface area contributed by atoms with Gasteiger partial charge in [0.05, 0.1) is 6.61 Å². The van der Waals surface area contributed by atoms with Gasteiger partial charge in [-0.15, -0.1) is 0 Å². The summed E-state index contributed by atoms with van der Waals surface area (Å²) in [6.45, 7) is 6.67. The van der Waals surface area contributed by atoms with E-state index in [9.17, 15) is 0 Å². The Kier molecular flexibility index (Phi) is 5.71. The maximum atomic E-state index is 5.75. The van der Waals surface area contributed by atoms with Gasteiger partial charge >= 0.3 is 0 Å². The second-order valence-electron chi connectivity index (χ2n) is 5.99. The van der Waals surface area contributed by atoms with E-state index in [1.807, 2.05) is 30.3 Å². The van der Waals surface area contributed by atoms with Crippen molar-refractivity contribution in [3.8, 4) is 5.75 Å². The van der Waals surface area contributed by atoms with Gasteiger partial charge in [0.15, 0.2) is 0 Å². The molecule has 0 spiro atoms. The average molecular weight is 261 g/mol. The van der Waals surface area contributed by atoms with Crippen molar-refractivity contribution in [2.75, 3.05) is 13.2 Å². The molecule has 19 heavy (non-hydrogen) atoms. The summed E-state index contributed by atoms with van der Waals surface area (Å²) in [4.78, 5) is 0. The largest absolute Gasteiger partial charge is 0.494 e. The van der Waals surface area contributed by atoms with E-state index < -0.39 is 0 Å². The Hall–Kier alpha value is -1.02. The van der Waals surface area contributed by atoms with E-state index in [1.165, 1.54) is 25.8 Å². The molecule has 1 aromatic carbocycles. The van der Waals surface area contributed by atoms with E-state index in [4.69, 9.17) is 4.74 Å². The molecule has 2 heteroatoms. The molecule has 2 rings (SSSR count). The van der Waals surface area contributed by atoms with Gasteiger partial charge in [-0.1, -0.05) is 32.0 Å². The van der Waals surface area contributed by atoms with Crippen LogP contribution in [0.5, 0.6) is 5.75 Å². The van der Waals surface area contributed by atoms with Crippen LogP contribution in [0, 0.1) is 11.8 Å². The fraction of sp³-hybridized carbons (Fsp3) is 0.647. The first kappa shape index (κ1) is 14.4. The molecule has 1 aromatic rings.